The first kappa shape index (κ1) is 14.0. The van der Waals surface area contributed by atoms with Crippen LogP contribution in [0.5, 0.6) is 0 Å². The van der Waals surface area contributed by atoms with Crippen LogP contribution in [0, 0.1) is 6.92 Å². The van der Waals surface area contributed by atoms with Gasteiger partial charge in [0.15, 0.2) is 5.69 Å². The summed E-state index contributed by atoms with van der Waals surface area (Å²) in [7, 11) is 0. The maximum absolute atomic E-state index is 11.0. The fourth-order valence-corrected chi connectivity index (χ4v) is 2.01. The van der Waals surface area contributed by atoms with Gasteiger partial charge in [-0.05, 0) is 30.5 Å². The van der Waals surface area contributed by atoms with Crippen LogP contribution in [-0.4, -0.2) is 21.0 Å². The molecule has 0 aliphatic rings. The van der Waals surface area contributed by atoms with E-state index in [1.807, 2.05) is 18.2 Å². The summed E-state index contributed by atoms with van der Waals surface area (Å²) in [5.41, 5.74) is 3.05. The maximum atomic E-state index is 11.0. The monoisotopic (exact) mass is 271 g/mol. The van der Waals surface area contributed by atoms with E-state index in [0.29, 0.717) is 18.2 Å². The Morgan fingerprint density at radius 1 is 1.25 bits per heavy atom. The van der Waals surface area contributed by atoms with Gasteiger partial charge in [0.2, 0.25) is 5.95 Å². The van der Waals surface area contributed by atoms with Gasteiger partial charge in [0.1, 0.15) is 0 Å². The van der Waals surface area contributed by atoms with Crippen LogP contribution in [0.3, 0.4) is 0 Å². The number of carboxylic acid groups (broad SMARTS) is 1. The number of anilines is 1. The molecule has 0 spiro atoms. The molecular formula is C15H17N3O2. The first-order valence-corrected chi connectivity index (χ1v) is 6.49. The van der Waals surface area contributed by atoms with Crippen LogP contribution in [0.15, 0.2) is 30.3 Å². The summed E-state index contributed by atoms with van der Waals surface area (Å²) in [5, 5.41) is 12.1. The van der Waals surface area contributed by atoms with Crippen LogP contribution < -0.4 is 5.32 Å². The lowest BCUT2D eigenvalue weighted by Crippen LogP contribution is -2.10. The summed E-state index contributed by atoms with van der Waals surface area (Å²) < 4.78 is 0. The lowest BCUT2D eigenvalue weighted by molar-refractivity contribution is 0.0690. The fourth-order valence-electron chi connectivity index (χ4n) is 2.01. The molecule has 2 aromatic rings. The average molecular weight is 271 g/mol. The molecule has 5 heteroatoms. The summed E-state index contributed by atoms with van der Waals surface area (Å²) in [4.78, 5) is 19.1. The van der Waals surface area contributed by atoms with Crippen molar-refractivity contribution in [3.63, 3.8) is 0 Å². The van der Waals surface area contributed by atoms with Crippen molar-refractivity contribution in [2.24, 2.45) is 0 Å². The van der Waals surface area contributed by atoms with E-state index < -0.39 is 5.97 Å². The van der Waals surface area contributed by atoms with Crippen molar-refractivity contribution in [2.75, 3.05) is 5.32 Å². The molecule has 1 heterocycles. The Balaban J connectivity index is 2.16. The fraction of sp³-hybridized carbons (Fsp3) is 0.267. The van der Waals surface area contributed by atoms with Crippen LogP contribution in [0.1, 0.15) is 34.2 Å². The number of benzene rings is 1. The number of hydrogen-bond donors (Lipinski definition) is 2. The van der Waals surface area contributed by atoms with Crippen molar-refractivity contribution in [2.45, 2.75) is 26.8 Å². The topological polar surface area (TPSA) is 75.1 Å². The normalized spacial score (nSPS) is 10.3. The summed E-state index contributed by atoms with van der Waals surface area (Å²) in [6, 6.07) is 9.56. The van der Waals surface area contributed by atoms with E-state index in [1.165, 1.54) is 11.6 Å². The van der Waals surface area contributed by atoms with Crippen LogP contribution >= 0.6 is 0 Å². The number of hydrogen-bond acceptors (Lipinski definition) is 4. The lowest BCUT2D eigenvalue weighted by Gasteiger charge is -2.10. The van der Waals surface area contributed by atoms with Crippen LogP contribution in [0.2, 0.25) is 0 Å². The number of nitrogens with zero attached hydrogens (tertiary/aromatic N) is 2. The van der Waals surface area contributed by atoms with E-state index in [2.05, 4.69) is 28.3 Å². The molecule has 1 aromatic carbocycles. The molecular weight excluding hydrogens is 254 g/mol. The van der Waals surface area contributed by atoms with Gasteiger partial charge >= 0.3 is 5.97 Å². The Hall–Kier alpha value is -2.43. The molecule has 0 saturated heterocycles. The quantitative estimate of drug-likeness (QED) is 0.874. The van der Waals surface area contributed by atoms with Crippen molar-refractivity contribution in [3.05, 3.63) is 52.8 Å². The van der Waals surface area contributed by atoms with E-state index >= 15 is 0 Å². The predicted molar refractivity (Wildman–Crippen MR) is 76.9 cm³/mol. The highest BCUT2D eigenvalue weighted by Crippen LogP contribution is 2.12. The second-order valence-corrected chi connectivity index (χ2v) is 4.50. The molecule has 0 aliphatic carbocycles. The summed E-state index contributed by atoms with van der Waals surface area (Å²) in [6.07, 6.45) is 0.951. The summed E-state index contributed by atoms with van der Waals surface area (Å²) in [6.45, 7) is 4.43. The van der Waals surface area contributed by atoms with Gasteiger partial charge in [0.25, 0.3) is 0 Å². The minimum Gasteiger partial charge on any atom is -0.477 e. The van der Waals surface area contributed by atoms with Gasteiger partial charge in [-0.1, -0.05) is 31.2 Å². The molecule has 0 bridgehead atoms. The Labute approximate surface area is 117 Å². The third kappa shape index (κ3) is 3.32. The number of carbonyl (C=O) groups is 1. The van der Waals surface area contributed by atoms with E-state index in [4.69, 9.17) is 5.11 Å². The Kier molecular flexibility index (Phi) is 4.30. The molecule has 2 rings (SSSR count). The van der Waals surface area contributed by atoms with E-state index in [-0.39, 0.29) is 5.69 Å². The van der Waals surface area contributed by atoms with E-state index in [9.17, 15) is 4.79 Å². The zero-order chi connectivity index (χ0) is 14.5. The molecule has 0 saturated carbocycles. The molecule has 0 radical (unpaired) electrons. The molecule has 0 fully saturated rings. The molecule has 104 valence electrons. The van der Waals surface area contributed by atoms with Crippen molar-refractivity contribution >= 4 is 11.9 Å². The van der Waals surface area contributed by atoms with Crippen molar-refractivity contribution in [3.8, 4) is 0 Å². The zero-order valence-electron chi connectivity index (χ0n) is 11.6. The maximum Gasteiger partial charge on any atom is 0.354 e. The largest absolute Gasteiger partial charge is 0.477 e. The van der Waals surface area contributed by atoms with Crippen molar-refractivity contribution < 1.29 is 9.90 Å². The van der Waals surface area contributed by atoms with Gasteiger partial charge in [0, 0.05) is 12.2 Å². The number of aryl methyl sites for hydroxylation is 2. The van der Waals surface area contributed by atoms with Gasteiger partial charge in [-0.2, -0.15) is 0 Å². The zero-order valence-corrected chi connectivity index (χ0v) is 11.6. The standard InChI is InChI=1S/C15H17N3O2/c1-3-11-6-4-5-7-12(11)9-16-15-17-10(2)8-13(18-15)14(19)20/h4-8H,3,9H2,1-2H3,(H,19,20)(H,16,17,18). The van der Waals surface area contributed by atoms with Crippen LogP contribution in [0.25, 0.3) is 0 Å². The van der Waals surface area contributed by atoms with Crippen molar-refractivity contribution in [1.29, 1.82) is 0 Å². The van der Waals surface area contributed by atoms with E-state index in [0.717, 1.165) is 12.0 Å². The molecule has 5 nitrogen and oxygen atoms in total. The first-order valence-electron chi connectivity index (χ1n) is 6.49. The molecule has 0 aliphatic heterocycles. The molecule has 2 N–H and O–H groups in total. The van der Waals surface area contributed by atoms with Crippen molar-refractivity contribution in [1.82, 2.24) is 9.97 Å². The number of nitrogens with one attached hydrogen (secondary N) is 1. The second kappa shape index (κ2) is 6.14. The molecule has 1 aromatic heterocycles. The third-order valence-corrected chi connectivity index (χ3v) is 3.01. The van der Waals surface area contributed by atoms with Gasteiger partial charge in [-0.15, -0.1) is 0 Å². The highest BCUT2D eigenvalue weighted by molar-refractivity contribution is 5.85. The second-order valence-electron chi connectivity index (χ2n) is 4.50. The number of rotatable bonds is 5. The predicted octanol–water partition coefficient (Wildman–Crippen LogP) is 2.66. The molecule has 0 atom stereocenters. The van der Waals surface area contributed by atoms with E-state index in [1.54, 1.807) is 6.92 Å². The number of aromatic carboxylic acids is 1. The van der Waals surface area contributed by atoms with Gasteiger partial charge in [0.05, 0.1) is 0 Å². The first-order chi connectivity index (χ1) is 9.60. The molecule has 20 heavy (non-hydrogen) atoms. The van der Waals surface area contributed by atoms with Crippen LogP contribution in [0.4, 0.5) is 5.95 Å². The summed E-state index contributed by atoms with van der Waals surface area (Å²) >= 11 is 0. The highest BCUT2D eigenvalue weighted by atomic mass is 16.4. The summed E-state index contributed by atoms with van der Waals surface area (Å²) in [5.74, 6) is -0.708. The van der Waals surface area contributed by atoms with Crippen LogP contribution in [-0.2, 0) is 13.0 Å². The van der Waals surface area contributed by atoms with Gasteiger partial charge in [-0.25, -0.2) is 14.8 Å². The Morgan fingerprint density at radius 2 is 1.95 bits per heavy atom. The number of carboxylic acids is 1. The molecule has 0 amide bonds. The minimum atomic E-state index is -1.05. The minimum absolute atomic E-state index is 0.00350. The van der Waals surface area contributed by atoms with Gasteiger partial charge in [-0.3, -0.25) is 0 Å². The lowest BCUT2D eigenvalue weighted by atomic mass is 10.1. The SMILES string of the molecule is CCc1ccccc1CNc1nc(C)cc(C(=O)O)n1. The number of aromatic nitrogens is 2. The average Bonchev–Trinajstić information content (AvgIpc) is 2.44. The third-order valence-electron chi connectivity index (χ3n) is 3.01. The Bertz CT molecular complexity index is 626. The Morgan fingerprint density at radius 3 is 2.60 bits per heavy atom. The molecule has 0 unspecified atom stereocenters. The van der Waals surface area contributed by atoms with Gasteiger partial charge < -0.3 is 10.4 Å². The highest BCUT2D eigenvalue weighted by Gasteiger charge is 2.08. The smallest absolute Gasteiger partial charge is 0.354 e.